The van der Waals surface area contributed by atoms with Crippen LogP contribution in [0.3, 0.4) is 0 Å². The monoisotopic (exact) mass is 679 g/mol. The van der Waals surface area contributed by atoms with E-state index in [1.807, 2.05) is 0 Å². The first-order valence-corrected chi connectivity index (χ1v) is 18.4. The van der Waals surface area contributed by atoms with Gasteiger partial charge in [0.25, 0.3) is 0 Å². The molecule has 1 heterocycles. The summed E-state index contributed by atoms with van der Waals surface area (Å²) in [5.41, 5.74) is 17.5. The average Bonchev–Trinajstić information content (AvgIpc) is 3.34. The molecule has 2 aliphatic rings. The standard InChI is InChI=1S/C51H37NO/c1-51(2)45-24-11-9-19-40(45)41-32-31-38(33-46(41)51)52(37-29-27-35(28-30-37)34-15-5-3-6-16-34)47-25-14-23-43-42-22-13-21-39(36-17-7-4-8-18-36)49(42)44-20-10-12-26-48(44)53-50(43)47/h3-33H,1-2H3. The fourth-order valence-corrected chi connectivity index (χ4v) is 8.51. The van der Waals surface area contributed by atoms with Crippen molar-refractivity contribution in [2.75, 3.05) is 4.90 Å². The highest BCUT2D eigenvalue weighted by Gasteiger charge is 2.36. The van der Waals surface area contributed by atoms with Crippen LogP contribution in [0.15, 0.2) is 188 Å². The molecular formula is C51H37NO. The van der Waals surface area contributed by atoms with Crippen LogP contribution in [-0.2, 0) is 5.41 Å². The van der Waals surface area contributed by atoms with Gasteiger partial charge in [0.1, 0.15) is 5.75 Å². The Bertz CT molecular complexity index is 2660. The first-order chi connectivity index (χ1) is 26.1. The number of fused-ring (bicyclic) bond motifs is 8. The quantitative estimate of drug-likeness (QED) is 0.180. The Morgan fingerprint density at radius 2 is 0.962 bits per heavy atom. The van der Waals surface area contributed by atoms with E-state index in [1.165, 1.54) is 50.1 Å². The van der Waals surface area contributed by atoms with Gasteiger partial charge in [0.15, 0.2) is 5.75 Å². The highest BCUT2D eigenvalue weighted by Crippen LogP contribution is 2.56. The summed E-state index contributed by atoms with van der Waals surface area (Å²) >= 11 is 0. The van der Waals surface area contributed by atoms with Crippen molar-refractivity contribution in [3.8, 4) is 67.1 Å². The molecule has 0 saturated carbocycles. The molecule has 53 heavy (non-hydrogen) atoms. The lowest BCUT2D eigenvalue weighted by atomic mass is 9.82. The van der Waals surface area contributed by atoms with E-state index < -0.39 is 0 Å². The number of hydrogen-bond acceptors (Lipinski definition) is 2. The Morgan fingerprint density at radius 3 is 1.75 bits per heavy atom. The van der Waals surface area contributed by atoms with E-state index in [0.717, 1.165) is 45.3 Å². The lowest BCUT2D eigenvalue weighted by Gasteiger charge is -2.30. The van der Waals surface area contributed by atoms with Gasteiger partial charge in [-0.2, -0.15) is 0 Å². The molecule has 8 aromatic rings. The highest BCUT2D eigenvalue weighted by molar-refractivity contribution is 6.01. The molecule has 252 valence electrons. The Balaban J connectivity index is 1.21. The van der Waals surface area contributed by atoms with E-state index in [-0.39, 0.29) is 5.41 Å². The fourth-order valence-electron chi connectivity index (χ4n) is 8.51. The number of nitrogens with zero attached hydrogens (tertiary/aromatic N) is 1. The molecule has 0 amide bonds. The molecule has 0 fully saturated rings. The Kier molecular flexibility index (Phi) is 7.19. The topological polar surface area (TPSA) is 12.5 Å². The van der Waals surface area contributed by atoms with Crippen LogP contribution in [-0.4, -0.2) is 0 Å². The SMILES string of the molecule is CC1(C)c2ccccc2-c2ccc(N(c3ccc(-c4ccccc4)cc3)c3cccc4c3Oc3ccccc3-c3c(-c5ccccc5)cccc3-4)cc21. The van der Waals surface area contributed by atoms with Crippen LogP contribution in [0.4, 0.5) is 17.1 Å². The van der Waals surface area contributed by atoms with Crippen molar-refractivity contribution in [3.05, 3.63) is 199 Å². The van der Waals surface area contributed by atoms with Gasteiger partial charge < -0.3 is 9.64 Å². The van der Waals surface area contributed by atoms with Crippen LogP contribution in [0.5, 0.6) is 11.5 Å². The first-order valence-electron chi connectivity index (χ1n) is 18.4. The minimum Gasteiger partial charge on any atom is -0.454 e. The van der Waals surface area contributed by atoms with E-state index in [9.17, 15) is 0 Å². The zero-order valence-corrected chi connectivity index (χ0v) is 29.8. The van der Waals surface area contributed by atoms with Crippen molar-refractivity contribution < 1.29 is 4.74 Å². The van der Waals surface area contributed by atoms with Gasteiger partial charge in [-0.3, -0.25) is 0 Å². The summed E-state index contributed by atoms with van der Waals surface area (Å²) in [4.78, 5) is 2.38. The van der Waals surface area contributed by atoms with Crippen molar-refractivity contribution >= 4 is 17.1 Å². The number of rotatable bonds is 5. The zero-order valence-electron chi connectivity index (χ0n) is 29.8. The lowest BCUT2D eigenvalue weighted by molar-refractivity contribution is 0.489. The van der Waals surface area contributed by atoms with Gasteiger partial charge in [-0.1, -0.05) is 166 Å². The second kappa shape index (κ2) is 12.3. The molecule has 10 rings (SSSR count). The van der Waals surface area contributed by atoms with Crippen molar-refractivity contribution in [3.63, 3.8) is 0 Å². The molecule has 0 unspecified atom stereocenters. The van der Waals surface area contributed by atoms with Crippen molar-refractivity contribution in [1.82, 2.24) is 0 Å². The van der Waals surface area contributed by atoms with Gasteiger partial charge in [0.05, 0.1) is 5.69 Å². The number of ether oxygens (including phenoxy) is 1. The van der Waals surface area contributed by atoms with E-state index >= 15 is 0 Å². The van der Waals surface area contributed by atoms with Gasteiger partial charge in [-0.15, -0.1) is 0 Å². The molecule has 0 aromatic heterocycles. The summed E-state index contributed by atoms with van der Waals surface area (Å²) in [7, 11) is 0. The van der Waals surface area contributed by atoms with Gasteiger partial charge in [-0.25, -0.2) is 0 Å². The van der Waals surface area contributed by atoms with Crippen LogP contribution in [0.2, 0.25) is 0 Å². The van der Waals surface area contributed by atoms with E-state index in [1.54, 1.807) is 0 Å². The van der Waals surface area contributed by atoms with Gasteiger partial charge in [0, 0.05) is 33.5 Å². The molecular weight excluding hydrogens is 643 g/mol. The number of para-hydroxylation sites is 2. The van der Waals surface area contributed by atoms with Crippen molar-refractivity contribution in [2.24, 2.45) is 0 Å². The molecule has 8 aromatic carbocycles. The summed E-state index contributed by atoms with van der Waals surface area (Å²) in [5, 5.41) is 0. The first kappa shape index (κ1) is 31.1. The predicted octanol–water partition coefficient (Wildman–Crippen LogP) is 14.2. The third-order valence-electron chi connectivity index (χ3n) is 11.1. The zero-order chi connectivity index (χ0) is 35.5. The summed E-state index contributed by atoms with van der Waals surface area (Å²) in [6.45, 7) is 4.69. The van der Waals surface area contributed by atoms with E-state index in [4.69, 9.17) is 4.74 Å². The largest absolute Gasteiger partial charge is 0.454 e. The molecule has 0 atom stereocenters. The molecule has 1 aliphatic heterocycles. The minimum atomic E-state index is -0.138. The van der Waals surface area contributed by atoms with Gasteiger partial charge in [0.2, 0.25) is 0 Å². The predicted molar refractivity (Wildman–Crippen MR) is 221 cm³/mol. The highest BCUT2D eigenvalue weighted by atomic mass is 16.5. The number of anilines is 3. The lowest BCUT2D eigenvalue weighted by Crippen LogP contribution is -2.17. The second-order valence-corrected chi connectivity index (χ2v) is 14.5. The maximum absolute atomic E-state index is 7.17. The Hall–Kier alpha value is -6.64. The van der Waals surface area contributed by atoms with Gasteiger partial charge >= 0.3 is 0 Å². The third-order valence-corrected chi connectivity index (χ3v) is 11.1. The third kappa shape index (κ3) is 5.02. The number of hydrogen-bond donors (Lipinski definition) is 0. The summed E-state index contributed by atoms with van der Waals surface area (Å²) in [6.07, 6.45) is 0. The Morgan fingerprint density at radius 1 is 0.396 bits per heavy atom. The summed E-state index contributed by atoms with van der Waals surface area (Å²) in [6, 6.07) is 67.7. The average molecular weight is 680 g/mol. The second-order valence-electron chi connectivity index (χ2n) is 14.5. The van der Waals surface area contributed by atoms with E-state index in [0.29, 0.717) is 0 Å². The van der Waals surface area contributed by atoms with Gasteiger partial charge in [-0.05, 0) is 86.5 Å². The van der Waals surface area contributed by atoms with Crippen LogP contribution in [0, 0.1) is 0 Å². The van der Waals surface area contributed by atoms with Crippen LogP contribution in [0.1, 0.15) is 25.0 Å². The maximum Gasteiger partial charge on any atom is 0.159 e. The smallest absolute Gasteiger partial charge is 0.159 e. The fraction of sp³-hybridized carbons (Fsp3) is 0.0588. The molecule has 0 radical (unpaired) electrons. The number of benzene rings is 8. The normalized spacial score (nSPS) is 13.0. The van der Waals surface area contributed by atoms with Crippen molar-refractivity contribution in [1.29, 1.82) is 0 Å². The molecule has 2 heteroatoms. The van der Waals surface area contributed by atoms with Crippen molar-refractivity contribution in [2.45, 2.75) is 19.3 Å². The van der Waals surface area contributed by atoms with Crippen LogP contribution < -0.4 is 9.64 Å². The summed E-state index contributed by atoms with van der Waals surface area (Å²) in [5.74, 6) is 1.67. The maximum atomic E-state index is 7.17. The molecule has 2 nitrogen and oxygen atoms in total. The molecule has 0 N–H and O–H groups in total. The van der Waals surface area contributed by atoms with Crippen LogP contribution >= 0.6 is 0 Å². The Labute approximate surface area is 311 Å². The molecule has 0 bridgehead atoms. The molecule has 0 spiro atoms. The van der Waals surface area contributed by atoms with E-state index in [2.05, 4.69) is 207 Å². The molecule has 1 aliphatic carbocycles. The van der Waals surface area contributed by atoms with Crippen LogP contribution in [0.25, 0.3) is 55.6 Å². The minimum absolute atomic E-state index is 0.138. The molecule has 0 saturated heterocycles. The summed E-state index contributed by atoms with van der Waals surface area (Å²) < 4.78 is 7.17.